The van der Waals surface area contributed by atoms with Gasteiger partial charge in [-0.2, -0.15) is 0 Å². The Morgan fingerprint density at radius 1 is 1.24 bits per heavy atom. The highest BCUT2D eigenvalue weighted by Crippen LogP contribution is 2.09. The number of hydrogen-bond acceptors (Lipinski definition) is 3. The Labute approximate surface area is 102 Å². The molecule has 0 aromatic heterocycles. The van der Waals surface area contributed by atoms with Crippen molar-refractivity contribution in [2.24, 2.45) is 0 Å². The minimum atomic E-state index is -0.292. The number of allylic oxidation sites excluding steroid dienone is 1. The van der Waals surface area contributed by atoms with E-state index in [1.54, 1.807) is 25.5 Å². The first kappa shape index (κ1) is 13.3. The number of rotatable bonds is 6. The van der Waals surface area contributed by atoms with Crippen LogP contribution in [0.3, 0.4) is 0 Å². The Morgan fingerprint density at radius 2 is 1.94 bits per heavy atom. The zero-order chi connectivity index (χ0) is 12.5. The van der Waals surface area contributed by atoms with E-state index in [1.165, 1.54) is 12.7 Å². The van der Waals surface area contributed by atoms with Crippen molar-refractivity contribution in [3.05, 3.63) is 47.7 Å². The fourth-order valence-corrected chi connectivity index (χ4v) is 1.51. The first-order valence-electron chi connectivity index (χ1n) is 5.63. The second-order valence-corrected chi connectivity index (χ2v) is 3.69. The molecule has 0 bridgehead atoms. The quantitative estimate of drug-likeness (QED) is 0.431. The van der Waals surface area contributed by atoms with Crippen molar-refractivity contribution in [2.75, 3.05) is 14.2 Å². The van der Waals surface area contributed by atoms with Gasteiger partial charge in [-0.1, -0.05) is 12.1 Å². The van der Waals surface area contributed by atoms with Crippen molar-refractivity contribution < 1.29 is 14.3 Å². The molecule has 1 rings (SSSR count). The fourth-order valence-electron chi connectivity index (χ4n) is 1.51. The Kier molecular flexibility index (Phi) is 5.86. The molecule has 0 fully saturated rings. The third-order valence-electron chi connectivity index (χ3n) is 2.44. The highest BCUT2D eigenvalue weighted by Gasteiger charge is 2.03. The van der Waals surface area contributed by atoms with E-state index in [-0.39, 0.29) is 5.97 Å². The molecule has 1 aromatic rings. The Hall–Kier alpha value is -1.77. The fraction of sp³-hybridized carbons (Fsp3) is 0.357. The van der Waals surface area contributed by atoms with Gasteiger partial charge >= 0.3 is 5.97 Å². The van der Waals surface area contributed by atoms with Crippen LogP contribution in [-0.4, -0.2) is 20.2 Å². The van der Waals surface area contributed by atoms with E-state index >= 15 is 0 Å². The molecule has 0 spiro atoms. The minimum Gasteiger partial charge on any atom is -0.505 e. The molecule has 92 valence electrons. The molecule has 0 aliphatic carbocycles. The maximum Gasteiger partial charge on any atom is 0.337 e. The van der Waals surface area contributed by atoms with E-state index in [2.05, 4.69) is 4.74 Å². The van der Waals surface area contributed by atoms with E-state index in [0.717, 1.165) is 19.3 Å². The van der Waals surface area contributed by atoms with Crippen LogP contribution < -0.4 is 0 Å². The highest BCUT2D eigenvalue weighted by atomic mass is 16.5. The van der Waals surface area contributed by atoms with Crippen molar-refractivity contribution in [2.45, 2.75) is 19.3 Å². The molecule has 0 heterocycles. The lowest BCUT2D eigenvalue weighted by atomic mass is 10.1. The average molecular weight is 234 g/mol. The molecule has 0 atom stereocenters. The summed E-state index contributed by atoms with van der Waals surface area (Å²) in [7, 11) is 3.03. The molecular weight excluding hydrogens is 216 g/mol. The molecule has 0 saturated carbocycles. The molecule has 0 N–H and O–H groups in total. The van der Waals surface area contributed by atoms with Crippen molar-refractivity contribution in [3.8, 4) is 0 Å². The standard InChI is InChI=1S/C14H18O3/c1-16-11-5-3-4-6-12-7-9-13(10-8-12)14(15)17-2/h5,7-11H,3-4,6H2,1-2H3/b11-5+. The van der Waals surface area contributed by atoms with Crippen LogP contribution in [-0.2, 0) is 15.9 Å². The first-order chi connectivity index (χ1) is 8.27. The number of carbonyl (C=O) groups is 1. The van der Waals surface area contributed by atoms with Gasteiger partial charge in [-0.05, 0) is 43.0 Å². The SMILES string of the molecule is CO/C=C/CCCc1ccc(C(=O)OC)cc1. The Morgan fingerprint density at radius 3 is 2.53 bits per heavy atom. The summed E-state index contributed by atoms with van der Waals surface area (Å²) in [5, 5.41) is 0. The van der Waals surface area contributed by atoms with Crippen molar-refractivity contribution >= 4 is 5.97 Å². The number of ether oxygens (including phenoxy) is 2. The van der Waals surface area contributed by atoms with E-state index in [1.807, 2.05) is 18.2 Å². The van der Waals surface area contributed by atoms with Gasteiger partial charge < -0.3 is 9.47 Å². The van der Waals surface area contributed by atoms with Gasteiger partial charge in [0.05, 0.1) is 26.0 Å². The second kappa shape index (κ2) is 7.49. The molecule has 0 aliphatic heterocycles. The predicted molar refractivity (Wildman–Crippen MR) is 66.9 cm³/mol. The summed E-state index contributed by atoms with van der Waals surface area (Å²) in [6, 6.07) is 7.52. The molecule has 17 heavy (non-hydrogen) atoms. The highest BCUT2D eigenvalue weighted by molar-refractivity contribution is 5.89. The van der Waals surface area contributed by atoms with Gasteiger partial charge in [-0.3, -0.25) is 0 Å². The minimum absolute atomic E-state index is 0.292. The lowest BCUT2D eigenvalue weighted by molar-refractivity contribution is 0.0600. The van der Waals surface area contributed by atoms with Gasteiger partial charge in [0, 0.05) is 0 Å². The summed E-state index contributed by atoms with van der Waals surface area (Å²) in [4.78, 5) is 11.2. The number of aryl methyl sites for hydroxylation is 1. The topological polar surface area (TPSA) is 35.5 Å². The van der Waals surface area contributed by atoms with Crippen molar-refractivity contribution in [1.29, 1.82) is 0 Å². The zero-order valence-electron chi connectivity index (χ0n) is 10.3. The largest absolute Gasteiger partial charge is 0.505 e. The van der Waals surface area contributed by atoms with Crippen LogP contribution in [0.2, 0.25) is 0 Å². The maximum absolute atomic E-state index is 11.2. The van der Waals surface area contributed by atoms with Crippen LogP contribution in [0.4, 0.5) is 0 Å². The molecule has 3 heteroatoms. The van der Waals surface area contributed by atoms with Crippen LogP contribution in [0.5, 0.6) is 0 Å². The van der Waals surface area contributed by atoms with Crippen LogP contribution in [0, 0.1) is 0 Å². The lowest BCUT2D eigenvalue weighted by Gasteiger charge is -2.02. The first-order valence-corrected chi connectivity index (χ1v) is 5.63. The zero-order valence-corrected chi connectivity index (χ0v) is 10.3. The van der Waals surface area contributed by atoms with Gasteiger partial charge in [-0.25, -0.2) is 4.79 Å². The van der Waals surface area contributed by atoms with E-state index < -0.39 is 0 Å². The van der Waals surface area contributed by atoms with E-state index in [0.29, 0.717) is 5.56 Å². The number of carbonyl (C=O) groups excluding carboxylic acids is 1. The summed E-state index contributed by atoms with van der Waals surface area (Å²) in [6.07, 6.45) is 6.75. The van der Waals surface area contributed by atoms with Crippen LogP contribution in [0.1, 0.15) is 28.8 Å². The van der Waals surface area contributed by atoms with E-state index in [4.69, 9.17) is 4.74 Å². The van der Waals surface area contributed by atoms with Crippen LogP contribution in [0.25, 0.3) is 0 Å². The van der Waals surface area contributed by atoms with Gasteiger partial charge in [0.1, 0.15) is 0 Å². The summed E-state index contributed by atoms with van der Waals surface area (Å²) in [5.74, 6) is -0.292. The average Bonchev–Trinajstić information content (AvgIpc) is 2.38. The predicted octanol–water partition coefficient (Wildman–Crippen LogP) is 2.96. The lowest BCUT2D eigenvalue weighted by Crippen LogP contribution is -2.00. The van der Waals surface area contributed by atoms with Gasteiger partial charge in [-0.15, -0.1) is 0 Å². The molecular formula is C14H18O3. The Balaban J connectivity index is 2.40. The number of methoxy groups -OCH3 is 2. The second-order valence-electron chi connectivity index (χ2n) is 3.69. The maximum atomic E-state index is 11.2. The molecule has 0 aliphatic rings. The van der Waals surface area contributed by atoms with Gasteiger partial charge in [0.25, 0.3) is 0 Å². The van der Waals surface area contributed by atoms with Gasteiger partial charge in [0.2, 0.25) is 0 Å². The van der Waals surface area contributed by atoms with Crippen molar-refractivity contribution in [1.82, 2.24) is 0 Å². The summed E-state index contributed by atoms with van der Waals surface area (Å²) >= 11 is 0. The number of benzene rings is 1. The van der Waals surface area contributed by atoms with Crippen LogP contribution >= 0.6 is 0 Å². The molecule has 3 nitrogen and oxygen atoms in total. The summed E-state index contributed by atoms with van der Waals surface area (Å²) in [6.45, 7) is 0. The molecule has 1 aromatic carbocycles. The number of esters is 1. The van der Waals surface area contributed by atoms with Gasteiger partial charge in [0.15, 0.2) is 0 Å². The monoisotopic (exact) mass is 234 g/mol. The molecule has 0 amide bonds. The summed E-state index contributed by atoms with van der Waals surface area (Å²) < 4.78 is 9.46. The Bertz CT molecular complexity index is 366. The third-order valence-corrected chi connectivity index (χ3v) is 2.44. The molecule has 0 radical (unpaired) electrons. The third kappa shape index (κ3) is 4.72. The van der Waals surface area contributed by atoms with Crippen LogP contribution in [0.15, 0.2) is 36.6 Å². The smallest absolute Gasteiger partial charge is 0.337 e. The number of hydrogen-bond donors (Lipinski definition) is 0. The normalized spacial score (nSPS) is 10.5. The summed E-state index contributed by atoms with van der Waals surface area (Å²) in [5.41, 5.74) is 1.82. The van der Waals surface area contributed by atoms with Crippen molar-refractivity contribution in [3.63, 3.8) is 0 Å². The molecule has 0 unspecified atom stereocenters. The van der Waals surface area contributed by atoms with E-state index in [9.17, 15) is 4.79 Å². The number of unbranched alkanes of at least 4 members (excludes halogenated alkanes) is 1. The molecule has 0 saturated heterocycles.